The molecule has 0 aliphatic heterocycles. The number of nitrogen functional groups attached to an aromatic ring is 1. The number of anilines is 2. The van der Waals surface area contributed by atoms with Crippen molar-refractivity contribution in [3.8, 4) is 5.75 Å². The minimum Gasteiger partial charge on any atom is -0.508 e. The molecule has 1 aromatic rings. The maximum Gasteiger partial charge on any atom is 0.232 e. The van der Waals surface area contributed by atoms with Crippen molar-refractivity contribution >= 4 is 21.4 Å². The lowest BCUT2D eigenvalue weighted by atomic mass is 10.2. The van der Waals surface area contributed by atoms with Crippen LogP contribution in [0.4, 0.5) is 11.4 Å². The molecule has 4 N–H and O–H groups in total. The van der Waals surface area contributed by atoms with E-state index in [1.165, 1.54) is 25.3 Å². The minimum atomic E-state index is -3.43. The number of sulfonamides is 1. The fourth-order valence-electron chi connectivity index (χ4n) is 1.25. The van der Waals surface area contributed by atoms with Crippen molar-refractivity contribution in [2.45, 2.75) is 6.42 Å². The third-order valence-electron chi connectivity index (χ3n) is 2.06. The Balaban J connectivity index is 2.69. The normalized spacial score (nSPS) is 11.4. The molecular formula is C10H16N2O4S. The van der Waals surface area contributed by atoms with Crippen LogP contribution >= 0.6 is 0 Å². The lowest BCUT2D eigenvalue weighted by molar-refractivity contribution is 0.199. The van der Waals surface area contributed by atoms with Gasteiger partial charge in [-0.05, 0) is 18.6 Å². The Morgan fingerprint density at radius 3 is 2.76 bits per heavy atom. The first kappa shape index (κ1) is 13.6. The highest BCUT2D eigenvalue weighted by Gasteiger charge is 2.11. The number of hydrogen-bond acceptors (Lipinski definition) is 5. The highest BCUT2D eigenvalue weighted by atomic mass is 32.2. The summed E-state index contributed by atoms with van der Waals surface area (Å²) in [5.74, 6) is -0.0499. The molecule has 0 amide bonds. The highest BCUT2D eigenvalue weighted by Crippen LogP contribution is 2.24. The van der Waals surface area contributed by atoms with Gasteiger partial charge in [-0.25, -0.2) is 8.42 Å². The van der Waals surface area contributed by atoms with Crippen LogP contribution in [0.2, 0.25) is 0 Å². The maximum absolute atomic E-state index is 11.6. The molecule has 96 valence electrons. The van der Waals surface area contributed by atoms with E-state index in [1.807, 2.05) is 0 Å². The predicted octanol–water partition coefficient (Wildman–Crippen LogP) is 0.753. The van der Waals surface area contributed by atoms with E-state index < -0.39 is 10.0 Å². The first-order valence-electron chi connectivity index (χ1n) is 5.02. The molecule has 0 aliphatic carbocycles. The molecule has 1 aromatic carbocycles. The minimum absolute atomic E-state index is 0.00942. The van der Waals surface area contributed by atoms with Crippen molar-refractivity contribution in [2.24, 2.45) is 0 Å². The molecule has 0 saturated carbocycles. The summed E-state index contributed by atoms with van der Waals surface area (Å²) in [6.07, 6.45) is 0.407. The topological polar surface area (TPSA) is 102 Å². The third kappa shape index (κ3) is 4.49. The summed E-state index contributed by atoms with van der Waals surface area (Å²) < 4.78 is 30.4. The van der Waals surface area contributed by atoms with Crippen LogP contribution in [-0.4, -0.2) is 33.0 Å². The molecule has 6 nitrogen and oxygen atoms in total. The van der Waals surface area contributed by atoms with Crippen molar-refractivity contribution in [3.05, 3.63) is 18.2 Å². The molecule has 0 spiro atoms. The number of aromatic hydroxyl groups is 1. The van der Waals surface area contributed by atoms with E-state index >= 15 is 0 Å². The van der Waals surface area contributed by atoms with E-state index in [-0.39, 0.29) is 22.9 Å². The largest absolute Gasteiger partial charge is 0.508 e. The van der Waals surface area contributed by atoms with Crippen molar-refractivity contribution in [1.29, 1.82) is 0 Å². The molecule has 0 unspecified atom stereocenters. The van der Waals surface area contributed by atoms with Crippen LogP contribution < -0.4 is 10.5 Å². The molecule has 17 heavy (non-hydrogen) atoms. The van der Waals surface area contributed by atoms with Crippen LogP contribution in [0.15, 0.2) is 18.2 Å². The number of nitrogens with two attached hydrogens (primary N) is 1. The van der Waals surface area contributed by atoms with Gasteiger partial charge in [-0.3, -0.25) is 4.72 Å². The Labute approximate surface area is 100 Å². The summed E-state index contributed by atoms with van der Waals surface area (Å²) in [5.41, 5.74) is 6.02. The van der Waals surface area contributed by atoms with Gasteiger partial charge in [0.2, 0.25) is 10.0 Å². The quantitative estimate of drug-likeness (QED) is 0.398. The molecule has 0 heterocycles. The zero-order valence-corrected chi connectivity index (χ0v) is 10.3. The van der Waals surface area contributed by atoms with Gasteiger partial charge in [0, 0.05) is 19.8 Å². The number of hydrogen-bond donors (Lipinski definition) is 3. The summed E-state index contributed by atoms with van der Waals surface area (Å²) in [7, 11) is -1.92. The van der Waals surface area contributed by atoms with Crippen LogP contribution in [0.1, 0.15) is 6.42 Å². The molecule has 0 saturated heterocycles. The lowest BCUT2D eigenvalue weighted by Gasteiger charge is -2.10. The van der Waals surface area contributed by atoms with Crippen LogP contribution in [0.5, 0.6) is 5.75 Å². The summed E-state index contributed by atoms with van der Waals surface area (Å²) in [5, 5.41) is 9.14. The number of phenolic OH excluding ortho intramolecular Hbond substituents is 1. The molecule has 0 radical (unpaired) electrons. The number of rotatable bonds is 6. The first-order chi connectivity index (χ1) is 7.94. The van der Waals surface area contributed by atoms with Crippen LogP contribution in [0.25, 0.3) is 0 Å². The average molecular weight is 260 g/mol. The fraction of sp³-hybridized carbons (Fsp3) is 0.400. The Morgan fingerprint density at radius 2 is 2.18 bits per heavy atom. The van der Waals surface area contributed by atoms with Crippen LogP contribution in [-0.2, 0) is 14.8 Å². The Kier molecular flexibility index (Phi) is 4.59. The monoisotopic (exact) mass is 260 g/mol. The van der Waals surface area contributed by atoms with E-state index in [1.54, 1.807) is 0 Å². The summed E-state index contributed by atoms with van der Waals surface area (Å²) in [6.45, 7) is 0.381. The van der Waals surface area contributed by atoms with Crippen LogP contribution in [0, 0.1) is 0 Å². The van der Waals surface area contributed by atoms with Gasteiger partial charge in [0.1, 0.15) is 5.75 Å². The number of methoxy groups -OCH3 is 1. The Hall–Kier alpha value is -1.47. The highest BCUT2D eigenvalue weighted by molar-refractivity contribution is 7.92. The second-order valence-electron chi connectivity index (χ2n) is 3.54. The number of phenols is 1. The molecule has 0 bridgehead atoms. The molecule has 0 aliphatic rings. The molecule has 1 rings (SSSR count). The van der Waals surface area contributed by atoms with Gasteiger partial charge in [-0.15, -0.1) is 0 Å². The van der Waals surface area contributed by atoms with Gasteiger partial charge in [0.15, 0.2) is 0 Å². The second-order valence-corrected chi connectivity index (χ2v) is 5.38. The summed E-state index contributed by atoms with van der Waals surface area (Å²) in [4.78, 5) is 0. The van der Waals surface area contributed by atoms with Crippen molar-refractivity contribution in [3.63, 3.8) is 0 Å². The van der Waals surface area contributed by atoms with E-state index in [9.17, 15) is 8.42 Å². The molecule has 7 heteroatoms. The van der Waals surface area contributed by atoms with Crippen LogP contribution in [0.3, 0.4) is 0 Å². The predicted molar refractivity (Wildman–Crippen MR) is 66.4 cm³/mol. The van der Waals surface area contributed by atoms with E-state index in [0.717, 1.165) is 0 Å². The molecular weight excluding hydrogens is 244 g/mol. The lowest BCUT2D eigenvalue weighted by Crippen LogP contribution is -2.18. The number of benzene rings is 1. The van der Waals surface area contributed by atoms with Gasteiger partial charge >= 0.3 is 0 Å². The third-order valence-corrected chi connectivity index (χ3v) is 3.42. The molecule has 0 fully saturated rings. The van der Waals surface area contributed by atoms with Crippen molar-refractivity contribution in [1.82, 2.24) is 0 Å². The SMILES string of the molecule is COCCCS(=O)(=O)Nc1ccc(O)cc1N. The Morgan fingerprint density at radius 1 is 1.47 bits per heavy atom. The smallest absolute Gasteiger partial charge is 0.232 e. The van der Waals surface area contributed by atoms with E-state index in [0.29, 0.717) is 13.0 Å². The summed E-state index contributed by atoms with van der Waals surface area (Å²) in [6, 6.07) is 4.06. The zero-order chi connectivity index (χ0) is 12.9. The maximum atomic E-state index is 11.6. The average Bonchev–Trinajstić information content (AvgIpc) is 2.22. The number of ether oxygens (including phenoxy) is 1. The Bertz CT molecular complexity index is 473. The van der Waals surface area contributed by atoms with E-state index in [2.05, 4.69) is 4.72 Å². The van der Waals surface area contributed by atoms with Gasteiger partial charge in [-0.1, -0.05) is 0 Å². The van der Waals surface area contributed by atoms with E-state index in [4.69, 9.17) is 15.6 Å². The zero-order valence-electron chi connectivity index (χ0n) is 9.51. The van der Waals surface area contributed by atoms with Gasteiger partial charge in [-0.2, -0.15) is 0 Å². The van der Waals surface area contributed by atoms with Gasteiger partial charge in [0.25, 0.3) is 0 Å². The van der Waals surface area contributed by atoms with Gasteiger partial charge in [0.05, 0.1) is 17.1 Å². The number of nitrogens with one attached hydrogen (secondary N) is 1. The second kappa shape index (κ2) is 5.74. The van der Waals surface area contributed by atoms with Gasteiger partial charge < -0.3 is 15.6 Å². The molecule has 0 atom stereocenters. The first-order valence-corrected chi connectivity index (χ1v) is 6.68. The standard InChI is InChI=1S/C10H16N2O4S/c1-16-5-2-6-17(14,15)12-10-4-3-8(13)7-9(10)11/h3-4,7,12-13H,2,5-6,11H2,1H3. The van der Waals surface area contributed by atoms with Crippen molar-refractivity contribution in [2.75, 3.05) is 29.9 Å². The summed E-state index contributed by atoms with van der Waals surface area (Å²) >= 11 is 0. The molecule has 0 aromatic heterocycles. The van der Waals surface area contributed by atoms with Crippen molar-refractivity contribution < 1.29 is 18.3 Å². The fourth-order valence-corrected chi connectivity index (χ4v) is 2.38.